The summed E-state index contributed by atoms with van der Waals surface area (Å²) >= 11 is 0. The van der Waals surface area contributed by atoms with E-state index in [9.17, 15) is 24.3 Å². The average Bonchev–Trinajstić information content (AvgIpc) is 2.85. The molecular weight excluding hydrogens is 290 g/mol. The smallest absolute Gasteiger partial charge is 0.373 e. The molecule has 1 N–H and O–H groups in total. The van der Waals surface area contributed by atoms with E-state index in [0.29, 0.717) is 5.69 Å². The number of aliphatic hydroxyl groups excluding tert-OH is 1. The van der Waals surface area contributed by atoms with Gasteiger partial charge in [0, 0.05) is 23.8 Å². The van der Waals surface area contributed by atoms with Crippen LogP contribution in [0.5, 0.6) is 0 Å². The lowest BCUT2D eigenvalue weighted by Gasteiger charge is -2.13. The molecule has 0 atom stereocenters. The van der Waals surface area contributed by atoms with Crippen LogP contribution in [0, 0.1) is 0 Å². The van der Waals surface area contributed by atoms with Gasteiger partial charge in [-0.05, 0) is 24.3 Å². The van der Waals surface area contributed by atoms with Crippen molar-refractivity contribution in [2.45, 2.75) is 0 Å². The summed E-state index contributed by atoms with van der Waals surface area (Å²) in [5, 5.41) is 9.31. The number of anilines is 1. The van der Waals surface area contributed by atoms with Crippen molar-refractivity contribution < 1.29 is 29.0 Å². The number of ketones is 1. The zero-order chi connectivity index (χ0) is 16.3. The Hall–Kier alpha value is -3.22. The Balaban J connectivity index is 2.19. The van der Waals surface area contributed by atoms with Gasteiger partial charge in [0.1, 0.15) is 0 Å². The highest BCUT2D eigenvalue weighted by Gasteiger charge is 2.25. The second-order valence-electron chi connectivity index (χ2n) is 4.28. The molecular formula is C15H11NO6. The number of imide groups is 1. The van der Waals surface area contributed by atoms with Crippen LogP contribution in [0.4, 0.5) is 5.69 Å². The molecule has 1 aliphatic heterocycles. The molecule has 7 heteroatoms. The lowest BCUT2D eigenvalue weighted by molar-refractivity contribution is -0.139. The number of methoxy groups -OCH3 is 1. The zero-order valence-corrected chi connectivity index (χ0v) is 11.5. The predicted molar refractivity (Wildman–Crippen MR) is 75.1 cm³/mol. The molecule has 0 saturated carbocycles. The molecule has 0 fully saturated rings. The second kappa shape index (κ2) is 6.04. The Kier molecular flexibility index (Phi) is 4.17. The van der Waals surface area contributed by atoms with Gasteiger partial charge in [-0.2, -0.15) is 0 Å². The SMILES string of the molecule is COC(=O)C(O)=CC(=O)c1ccc(N2C(=O)C=CC2=O)cc1. The summed E-state index contributed by atoms with van der Waals surface area (Å²) in [6.45, 7) is 0. The third kappa shape index (κ3) is 2.93. The van der Waals surface area contributed by atoms with Crippen LogP contribution in [0.25, 0.3) is 0 Å². The molecule has 112 valence electrons. The van der Waals surface area contributed by atoms with Gasteiger partial charge >= 0.3 is 5.97 Å². The molecule has 7 nitrogen and oxygen atoms in total. The number of hydrogen-bond donors (Lipinski definition) is 1. The molecule has 22 heavy (non-hydrogen) atoms. The van der Waals surface area contributed by atoms with Crippen LogP contribution in [-0.4, -0.2) is 35.8 Å². The van der Waals surface area contributed by atoms with Crippen LogP contribution in [0.1, 0.15) is 10.4 Å². The summed E-state index contributed by atoms with van der Waals surface area (Å²) in [6.07, 6.45) is 3.03. The van der Waals surface area contributed by atoms with E-state index in [0.717, 1.165) is 30.2 Å². The number of hydrogen-bond acceptors (Lipinski definition) is 6. The van der Waals surface area contributed by atoms with E-state index in [2.05, 4.69) is 4.74 Å². The molecule has 0 spiro atoms. The normalized spacial score (nSPS) is 14.4. The fourth-order valence-corrected chi connectivity index (χ4v) is 1.80. The largest absolute Gasteiger partial charge is 0.502 e. The van der Waals surface area contributed by atoms with Crippen LogP contribution in [-0.2, 0) is 19.1 Å². The first-order valence-electron chi connectivity index (χ1n) is 6.13. The molecule has 0 unspecified atom stereocenters. The number of aliphatic hydroxyl groups is 1. The van der Waals surface area contributed by atoms with Crippen LogP contribution in [0.3, 0.4) is 0 Å². The summed E-state index contributed by atoms with van der Waals surface area (Å²) < 4.78 is 4.26. The van der Waals surface area contributed by atoms with E-state index < -0.39 is 29.3 Å². The van der Waals surface area contributed by atoms with Crippen molar-refractivity contribution in [1.29, 1.82) is 0 Å². The van der Waals surface area contributed by atoms with Crippen molar-refractivity contribution in [1.82, 2.24) is 0 Å². The van der Waals surface area contributed by atoms with Crippen molar-refractivity contribution >= 4 is 29.3 Å². The number of allylic oxidation sites excluding steroid dienone is 1. The van der Waals surface area contributed by atoms with Gasteiger partial charge in [0.25, 0.3) is 11.8 Å². The van der Waals surface area contributed by atoms with Crippen LogP contribution in [0.15, 0.2) is 48.3 Å². The van der Waals surface area contributed by atoms with Crippen LogP contribution in [0.2, 0.25) is 0 Å². The Morgan fingerprint density at radius 1 is 1.09 bits per heavy atom. The monoisotopic (exact) mass is 301 g/mol. The molecule has 0 bridgehead atoms. The summed E-state index contributed by atoms with van der Waals surface area (Å²) in [4.78, 5) is 46.8. The fourth-order valence-electron chi connectivity index (χ4n) is 1.80. The van der Waals surface area contributed by atoms with Gasteiger partial charge in [-0.1, -0.05) is 0 Å². The third-order valence-electron chi connectivity index (χ3n) is 2.88. The minimum Gasteiger partial charge on any atom is -0.502 e. The minimum atomic E-state index is -1.02. The highest BCUT2D eigenvalue weighted by atomic mass is 16.5. The minimum absolute atomic E-state index is 0.172. The highest BCUT2D eigenvalue weighted by molar-refractivity contribution is 6.28. The van der Waals surface area contributed by atoms with E-state index >= 15 is 0 Å². The number of ether oxygens (including phenoxy) is 1. The number of carbonyl (C=O) groups is 4. The summed E-state index contributed by atoms with van der Waals surface area (Å²) in [5.74, 6) is -3.39. The maximum atomic E-state index is 11.8. The van der Waals surface area contributed by atoms with E-state index in [1.807, 2.05) is 0 Å². The van der Waals surface area contributed by atoms with E-state index in [4.69, 9.17) is 0 Å². The summed E-state index contributed by atoms with van der Waals surface area (Å²) in [6, 6.07) is 5.58. The van der Waals surface area contributed by atoms with E-state index in [1.54, 1.807) is 0 Å². The number of esters is 1. The number of nitrogens with zero attached hydrogens (tertiary/aromatic N) is 1. The topological polar surface area (TPSA) is 101 Å². The lowest BCUT2D eigenvalue weighted by atomic mass is 10.1. The van der Waals surface area contributed by atoms with Gasteiger partial charge in [-0.3, -0.25) is 14.4 Å². The highest BCUT2D eigenvalue weighted by Crippen LogP contribution is 2.19. The molecule has 0 radical (unpaired) electrons. The first-order chi connectivity index (χ1) is 10.4. The number of carbonyl (C=O) groups excluding carboxylic acids is 4. The molecule has 1 aromatic rings. The Morgan fingerprint density at radius 3 is 2.14 bits per heavy atom. The molecule has 1 aliphatic rings. The molecule has 0 aromatic heterocycles. The predicted octanol–water partition coefficient (Wildman–Crippen LogP) is 0.914. The molecule has 0 saturated heterocycles. The maximum absolute atomic E-state index is 11.8. The van der Waals surface area contributed by atoms with E-state index in [1.165, 1.54) is 24.3 Å². The quantitative estimate of drug-likeness (QED) is 0.292. The van der Waals surface area contributed by atoms with Gasteiger partial charge in [-0.15, -0.1) is 0 Å². The van der Waals surface area contributed by atoms with Crippen molar-refractivity contribution in [2.75, 3.05) is 12.0 Å². The fraction of sp³-hybridized carbons (Fsp3) is 0.0667. The number of rotatable bonds is 4. The van der Waals surface area contributed by atoms with Gasteiger partial charge in [0.05, 0.1) is 12.8 Å². The Morgan fingerprint density at radius 2 is 1.64 bits per heavy atom. The lowest BCUT2D eigenvalue weighted by Crippen LogP contribution is -2.29. The molecule has 1 aromatic carbocycles. The third-order valence-corrected chi connectivity index (χ3v) is 2.88. The zero-order valence-electron chi connectivity index (χ0n) is 11.5. The Bertz CT molecular complexity index is 696. The molecule has 2 amide bonds. The average molecular weight is 301 g/mol. The summed E-state index contributed by atoms with van der Waals surface area (Å²) in [7, 11) is 1.07. The second-order valence-corrected chi connectivity index (χ2v) is 4.28. The molecule has 0 aliphatic carbocycles. The first kappa shape index (κ1) is 15.2. The standard InChI is InChI=1S/C15H11NO6/c1-22-15(21)12(18)8-11(17)9-2-4-10(5-3-9)16-13(19)6-7-14(16)20/h2-8,18H,1H3. The first-order valence-corrected chi connectivity index (χ1v) is 6.13. The van der Waals surface area contributed by atoms with Gasteiger partial charge in [0.15, 0.2) is 5.78 Å². The van der Waals surface area contributed by atoms with Crippen molar-refractivity contribution in [2.24, 2.45) is 0 Å². The summed E-state index contributed by atoms with van der Waals surface area (Å²) in [5.41, 5.74) is 0.490. The van der Waals surface area contributed by atoms with Crippen LogP contribution < -0.4 is 4.90 Å². The van der Waals surface area contributed by atoms with Crippen molar-refractivity contribution in [3.63, 3.8) is 0 Å². The van der Waals surface area contributed by atoms with Gasteiger partial charge in [0.2, 0.25) is 5.76 Å². The number of benzene rings is 1. The number of amides is 2. The van der Waals surface area contributed by atoms with Crippen LogP contribution >= 0.6 is 0 Å². The molecule has 2 rings (SSSR count). The Labute approximate surface area is 125 Å². The van der Waals surface area contributed by atoms with E-state index in [-0.39, 0.29) is 5.56 Å². The maximum Gasteiger partial charge on any atom is 0.373 e. The van der Waals surface area contributed by atoms with Gasteiger partial charge < -0.3 is 9.84 Å². The van der Waals surface area contributed by atoms with Gasteiger partial charge in [-0.25, -0.2) is 9.69 Å². The van der Waals surface area contributed by atoms with Crippen molar-refractivity contribution in [3.05, 3.63) is 53.8 Å². The molecule has 1 heterocycles. The van der Waals surface area contributed by atoms with Crippen molar-refractivity contribution in [3.8, 4) is 0 Å².